The van der Waals surface area contributed by atoms with Gasteiger partial charge in [-0.05, 0) is 69.6 Å². The summed E-state index contributed by atoms with van der Waals surface area (Å²) in [6.45, 7) is 4.96. The van der Waals surface area contributed by atoms with Gasteiger partial charge in [0, 0.05) is 30.7 Å². The fourth-order valence-electron chi connectivity index (χ4n) is 4.33. The lowest BCUT2D eigenvalue weighted by molar-refractivity contribution is 0.102. The fourth-order valence-corrected chi connectivity index (χ4v) is 5.08. The number of amides is 1. The van der Waals surface area contributed by atoms with E-state index in [2.05, 4.69) is 42.7 Å². The zero-order valence-corrected chi connectivity index (χ0v) is 22.3. The van der Waals surface area contributed by atoms with Crippen molar-refractivity contribution in [2.45, 2.75) is 25.9 Å². The van der Waals surface area contributed by atoms with Gasteiger partial charge in [-0.1, -0.05) is 41.7 Å². The van der Waals surface area contributed by atoms with Crippen molar-refractivity contribution in [3.05, 3.63) is 78.2 Å². The summed E-state index contributed by atoms with van der Waals surface area (Å²) in [5, 5.41) is 15.8. The molecule has 3 aromatic heterocycles. The van der Waals surface area contributed by atoms with Crippen LogP contribution in [0.2, 0.25) is 0 Å². The number of rotatable bonds is 9. The molecule has 4 aromatic rings. The van der Waals surface area contributed by atoms with Crippen LogP contribution >= 0.6 is 11.3 Å². The first-order valence-electron chi connectivity index (χ1n) is 12.7. The summed E-state index contributed by atoms with van der Waals surface area (Å²) in [6, 6.07) is 15.5. The van der Waals surface area contributed by atoms with Gasteiger partial charge in [0.15, 0.2) is 0 Å². The van der Waals surface area contributed by atoms with Crippen LogP contribution in [0.3, 0.4) is 0 Å². The molecule has 0 saturated carbocycles. The zero-order chi connectivity index (χ0) is 26.3. The van der Waals surface area contributed by atoms with E-state index in [1.807, 2.05) is 49.4 Å². The molecule has 1 saturated heterocycles. The molecule has 0 unspecified atom stereocenters. The molecular weight excluding hydrogens is 498 g/mol. The molecule has 4 heterocycles. The number of piperidine rings is 1. The predicted octanol–water partition coefficient (Wildman–Crippen LogP) is 5.14. The third-order valence-corrected chi connectivity index (χ3v) is 7.55. The van der Waals surface area contributed by atoms with Crippen molar-refractivity contribution in [1.29, 1.82) is 0 Å². The summed E-state index contributed by atoms with van der Waals surface area (Å²) in [5.41, 5.74) is 3.07. The first-order chi connectivity index (χ1) is 18.5. The van der Waals surface area contributed by atoms with E-state index in [0.29, 0.717) is 33.2 Å². The summed E-state index contributed by atoms with van der Waals surface area (Å²) in [4.78, 5) is 24.0. The van der Waals surface area contributed by atoms with Gasteiger partial charge in [-0.3, -0.25) is 15.1 Å². The lowest BCUT2D eigenvalue weighted by Gasteiger charge is -2.29. The Hall–Kier alpha value is -3.89. The second kappa shape index (κ2) is 12.1. The molecule has 196 valence electrons. The SMILES string of the molecule is C[C@H](Oc1ncc(C(=O)Nc2nnc(-c3ccncc3)s2)cc1NCC1CCN(C)CC1)c1ccccc1. The van der Waals surface area contributed by atoms with Gasteiger partial charge in [-0.2, -0.15) is 0 Å². The maximum atomic E-state index is 13.1. The van der Waals surface area contributed by atoms with Crippen LogP contribution in [0.5, 0.6) is 5.88 Å². The number of hydrogen-bond acceptors (Lipinski definition) is 9. The van der Waals surface area contributed by atoms with Gasteiger partial charge >= 0.3 is 0 Å². The third kappa shape index (κ3) is 6.51. The standard InChI is InChI=1S/C28H31N7O2S/c1-19(21-6-4-3-5-7-21)37-26-24(30-17-20-10-14-35(2)15-11-20)16-23(18-31-26)25(36)32-28-34-33-27(38-28)22-8-12-29-13-9-22/h3-9,12-13,16,18-20,30H,10-11,14-15,17H2,1-2H3,(H,32,34,36)/t19-/m0/s1. The highest BCUT2D eigenvalue weighted by atomic mass is 32.1. The highest BCUT2D eigenvalue weighted by Crippen LogP contribution is 2.30. The highest BCUT2D eigenvalue weighted by Gasteiger charge is 2.20. The van der Waals surface area contributed by atoms with Crippen LogP contribution in [0.25, 0.3) is 10.6 Å². The van der Waals surface area contributed by atoms with Crippen LogP contribution in [-0.2, 0) is 0 Å². The van der Waals surface area contributed by atoms with E-state index in [9.17, 15) is 4.79 Å². The Labute approximate surface area is 226 Å². The lowest BCUT2D eigenvalue weighted by Crippen LogP contribution is -2.33. The van der Waals surface area contributed by atoms with Crippen LogP contribution in [-0.4, -0.2) is 57.7 Å². The molecule has 5 rings (SSSR count). The van der Waals surface area contributed by atoms with Crippen LogP contribution in [0.15, 0.2) is 67.1 Å². The van der Waals surface area contributed by atoms with Gasteiger partial charge in [0.1, 0.15) is 11.1 Å². The predicted molar refractivity (Wildman–Crippen MR) is 150 cm³/mol. The Morgan fingerprint density at radius 2 is 1.89 bits per heavy atom. The Bertz CT molecular complexity index is 1340. The quantitative estimate of drug-likeness (QED) is 0.307. The minimum Gasteiger partial charge on any atom is -0.468 e. The number of pyridine rings is 2. The second-order valence-electron chi connectivity index (χ2n) is 9.48. The van der Waals surface area contributed by atoms with E-state index in [-0.39, 0.29) is 12.0 Å². The smallest absolute Gasteiger partial charge is 0.259 e. The summed E-state index contributed by atoms with van der Waals surface area (Å²) in [6.07, 6.45) is 7.00. The van der Waals surface area contributed by atoms with Crippen LogP contribution in [0, 0.1) is 5.92 Å². The summed E-state index contributed by atoms with van der Waals surface area (Å²) in [7, 11) is 2.16. The first-order valence-corrected chi connectivity index (χ1v) is 13.6. The molecule has 1 aliphatic heterocycles. The molecular formula is C28H31N7O2S. The number of carbonyl (C=O) groups excluding carboxylic acids is 1. The molecule has 0 aliphatic carbocycles. The molecule has 1 fully saturated rings. The Balaban J connectivity index is 1.32. The van der Waals surface area contributed by atoms with Gasteiger partial charge < -0.3 is 15.0 Å². The Morgan fingerprint density at radius 1 is 1.13 bits per heavy atom. The largest absolute Gasteiger partial charge is 0.468 e. The van der Waals surface area contributed by atoms with Gasteiger partial charge in [0.2, 0.25) is 11.0 Å². The van der Waals surface area contributed by atoms with Crippen molar-refractivity contribution in [1.82, 2.24) is 25.1 Å². The number of anilines is 2. The number of nitrogens with zero attached hydrogens (tertiary/aromatic N) is 5. The second-order valence-corrected chi connectivity index (χ2v) is 10.5. The van der Waals surface area contributed by atoms with Crippen molar-refractivity contribution in [3.63, 3.8) is 0 Å². The fraction of sp³-hybridized carbons (Fsp3) is 0.321. The van der Waals surface area contributed by atoms with Crippen molar-refractivity contribution in [2.24, 2.45) is 5.92 Å². The number of benzene rings is 1. The molecule has 1 aromatic carbocycles. The van der Waals surface area contributed by atoms with Gasteiger partial charge in [0.05, 0.1) is 11.3 Å². The molecule has 38 heavy (non-hydrogen) atoms. The Kier molecular flexibility index (Phi) is 8.20. The van der Waals surface area contributed by atoms with Crippen LogP contribution in [0.4, 0.5) is 10.8 Å². The van der Waals surface area contributed by atoms with Gasteiger partial charge in [-0.25, -0.2) is 4.98 Å². The molecule has 0 radical (unpaired) electrons. The number of nitrogens with one attached hydrogen (secondary N) is 2. The molecule has 1 aliphatic rings. The minimum atomic E-state index is -0.306. The topological polar surface area (TPSA) is 105 Å². The van der Waals surface area contributed by atoms with Crippen molar-refractivity contribution >= 4 is 28.1 Å². The van der Waals surface area contributed by atoms with E-state index in [4.69, 9.17) is 4.74 Å². The lowest BCUT2D eigenvalue weighted by atomic mass is 9.97. The van der Waals surface area contributed by atoms with E-state index in [1.54, 1.807) is 18.5 Å². The number of hydrogen-bond donors (Lipinski definition) is 2. The van der Waals surface area contributed by atoms with Crippen LogP contribution < -0.4 is 15.4 Å². The first kappa shape index (κ1) is 25.7. The van der Waals surface area contributed by atoms with E-state index >= 15 is 0 Å². The zero-order valence-electron chi connectivity index (χ0n) is 21.5. The number of ether oxygens (including phenoxy) is 1. The van der Waals surface area contributed by atoms with Gasteiger partial charge in [0.25, 0.3) is 5.91 Å². The number of likely N-dealkylation sites (tertiary alicyclic amines) is 1. The molecule has 9 nitrogen and oxygen atoms in total. The molecule has 10 heteroatoms. The van der Waals surface area contributed by atoms with Crippen molar-refractivity contribution in [2.75, 3.05) is 37.3 Å². The third-order valence-electron chi connectivity index (χ3n) is 6.66. The molecule has 0 spiro atoms. The summed E-state index contributed by atoms with van der Waals surface area (Å²) >= 11 is 1.30. The average Bonchev–Trinajstić information content (AvgIpc) is 3.42. The van der Waals surface area contributed by atoms with Gasteiger partial charge in [-0.15, -0.1) is 10.2 Å². The number of carbonyl (C=O) groups is 1. The average molecular weight is 530 g/mol. The molecule has 1 amide bonds. The summed E-state index contributed by atoms with van der Waals surface area (Å²) in [5.74, 6) is 0.720. The number of aromatic nitrogens is 4. The minimum absolute atomic E-state index is 0.194. The maximum Gasteiger partial charge on any atom is 0.259 e. The maximum absolute atomic E-state index is 13.1. The summed E-state index contributed by atoms with van der Waals surface area (Å²) < 4.78 is 6.25. The van der Waals surface area contributed by atoms with E-state index < -0.39 is 0 Å². The van der Waals surface area contributed by atoms with Crippen LogP contribution in [0.1, 0.15) is 41.8 Å². The van der Waals surface area contributed by atoms with E-state index in [0.717, 1.165) is 43.6 Å². The van der Waals surface area contributed by atoms with E-state index in [1.165, 1.54) is 17.5 Å². The highest BCUT2D eigenvalue weighted by molar-refractivity contribution is 7.18. The normalized spacial score (nSPS) is 15.1. The monoisotopic (exact) mass is 529 g/mol. The van der Waals surface area contributed by atoms with Crippen molar-refractivity contribution < 1.29 is 9.53 Å². The molecule has 1 atom stereocenters. The molecule has 2 N–H and O–H groups in total. The Morgan fingerprint density at radius 3 is 2.66 bits per heavy atom. The molecule has 0 bridgehead atoms. The van der Waals surface area contributed by atoms with Crippen molar-refractivity contribution in [3.8, 4) is 16.5 Å².